The van der Waals surface area contributed by atoms with Crippen molar-refractivity contribution in [3.63, 3.8) is 0 Å². The molecule has 0 fully saturated rings. The maximum absolute atomic E-state index is 6.13. The van der Waals surface area contributed by atoms with Crippen LogP contribution >= 0.6 is 15.9 Å². The first-order valence-electron chi connectivity index (χ1n) is 6.59. The lowest BCUT2D eigenvalue weighted by atomic mass is 10.0. The molecule has 0 aromatic heterocycles. The van der Waals surface area contributed by atoms with Crippen molar-refractivity contribution < 1.29 is 4.74 Å². The third-order valence-electron chi connectivity index (χ3n) is 3.17. The first-order chi connectivity index (χ1) is 9.08. The highest BCUT2D eigenvalue weighted by Crippen LogP contribution is 2.32. The van der Waals surface area contributed by atoms with Crippen LogP contribution < -0.4 is 4.74 Å². The van der Waals surface area contributed by atoms with Crippen molar-refractivity contribution in [2.75, 3.05) is 0 Å². The largest absolute Gasteiger partial charge is 0.486 e. The molecule has 19 heavy (non-hydrogen) atoms. The number of rotatable bonds is 4. The summed E-state index contributed by atoms with van der Waals surface area (Å²) in [5.74, 6) is 1.41. The van der Waals surface area contributed by atoms with Crippen LogP contribution in [0.5, 0.6) is 5.75 Å². The molecule has 1 nitrogen and oxygen atoms in total. The summed E-state index contributed by atoms with van der Waals surface area (Å²) in [5, 5.41) is 0. The second kappa shape index (κ2) is 6.25. The summed E-state index contributed by atoms with van der Waals surface area (Å²) in [4.78, 5) is 0. The lowest BCUT2D eigenvalue weighted by Gasteiger charge is -2.19. The van der Waals surface area contributed by atoms with E-state index in [1.807, 2.05) is 30.3 Å². The molecule has 0 spiro atoms. The molecule has 0 aliphatic rings. The van der Waals surface area contributed by atoms with Crippen molar-refractivity contribution in [1.29, 1.82) is 0 Å². The Kier molecular flexibility index (Phi) is 4.65. The minimum Gasteiger partial charge on any atom is -0.486 e. The molecule has 0 aliphatic carbocycles. The van der Waals surface area contributed by atoms with Crippen LogP contribution in [-0.2, 0) is 0 Å². The van der Waals surface area contributed by atoms with E-state index >= 15 is 0 Å². The number of benzene rings is 2. The van der Waals surface area contributed by atoms with Gasteiger partial charge in [0.25, 0.3) is 0 Å². The van der Waals surface area contributed by atoms with E-state index in [4.69, 9.17) is 4.74 Å². The zero-order chi connectivity index (χ0) is 13.8. The van der Waals surface area contributed by atoms with Crippen molar-refractivity contribution >= 4 is 15.9 Å². The molecule has 2 aromatic carbocycles. The van der Waals surface area contributed by atoms with Gasteiger partial charge in [-0.15, -0.1) is 0 Å². The highest BCUT2D eigenvalue weighted by molar-refractivity contribution is 9.10. The summed E-state index contributed by atoms with van der Waals surface area (Å²) in [6.45, 7) is 6.45. The minimum absolute atomic E-state index is 0.0554. The van der Waals surface area contributed by atoms with Gasteiger partial charge in [0.1, 0.15) is 11.9 Å². The summed E-state index contributed by atoms with van der Waals surface area (Å²) in [7, 11) is 0. The summed E-state index contributed by atoms with van der Waals surface area (Å²) >= 11 is 3.52. The number of hydrogen-bond donors (Lipinski definition) is 0. The van der Waals surface area contributed by atoms with Crippen LogP contribution in [0.15, 0.2) is 53.0 Å². The summed E-state index contributed by atoms with van der Waals surface area (Å²) in [5.41, 5.74) is 2.43. The Bertz CT molecular complexity index is 534. The predicted molar refractivity (Wildman–Crippen MR) is 83.7 cm³/mol. The van der Waals surface area contributed by atoms with Crippen LogP contribution in [0.1, 0.15) is 43.9 Å². The second-order valence-corrected chi connectivity index (χ2v) is 5.92. The van der Waals surface area contributed by atoms with Crippen molar-refractivity contribution in [2.45, 2.75) is 32.8 Å². The Balaban J connectivity index is 2.24. The van der Waals surface area contributed by atoms with Gasteiger partial charge in [-0.05, 0) is 42.2 Å². The maximum Gasteiger partial charge on any atom is 0.123 e. The average Bonchev–Trinajstić information content (AvgIpc) is 2.41. The molecule has 2 aromatic rings. The maximum atomic E-state index is 6.13. The Morgan fingerprint density at radius 1 is 0.947 bits per heavy atom. The van der Waals surface area contributed by atoms with Crippen molar-refractivity contribution in [2.24, 2.45) is 0 Å². The molecule has 0 bridgehead atoms. The zero-order valence-electron chi connectivity index (χ0n) is 11.6. The number of ether oxygens (including phenoxy) is 1. The normalized spacial score (nSPS) is 12.5. The summed E-state index contributed by atoms with van der Waals surface area (Å²) < 4.78 is 7.22. The van der Waals surface area contributed by atoms with Crippen LogP contribution in [0.25, 0.3) is 0 Å². The molecule has 0 amide bonds. The molecule has 2 rings (SSSR count). The summed E-state index contributed by atoms with van der Waals surface area (Å²) in [6.07, 6.45) is 0.0554. The van der Waals surface area contributed by atoms with Crippen LogP contribution in [0.3, 0.4) is 0 Å². The molecule has 1 atom stereocenters. The number of hydrogen-bond acceptors (Lipinski definition) is 1. The van der Waals surface area contributed by atoms with Crippen LogP contribution in [0.2, 0.25) is 0 Å². The highest BCUT2D eigenvalue weighted by Gasteiger charge is 2.12. The van der Waals surface area contributed by atoms with Gasteiger partial charge in [-0.1, -0.05) is 60.1 Å². The lowest BCUT2D eigenvalue weighted by Crippen LogP contribution is -2.05. The Morgan fingerprint density at radius 3 is 2.26 bits per heavy atom. The molecule has 0 saturated carbocycles. The van der Waals surface area contributed by atoms with E-state index in [1.54, 1.807) is 0 Å². The van der Waals surface area contributed by atoms with E-state index in [0.717, 1.165) is 10.2 Å². The third-order valence-corrected chi connectivity index (χ3v) is 3.66. The fraction of sp³-hybridized carbons (Fsp3) is 0.294. The van der Waals surface area contributed by atoms with Gasteiger partial charge in [-0.25, -0.2) is 0 Å². The van der Waals surface area contributed by atoms with E-state index < -0.39 is 0 Å². The zero-order valence-corrected chi connectivity index (χ0v) is 13.1. The molecule has 0 aliphatic heterocycles. The molecule has 0 heterocycles. The van der Waals surface area contributed by atoms with Crippen molar-refractivity contribution in [3.05, 3.63) is 64.1 Å². The van der Waals surface area contributed by atoms with Gasteiger partial charge in [0.05, 0.1) is 0 Å². The number of halogens is 1. The smallest absolute Gasteiger partial charge is 0.123 e. The molecule has 2 heteroatoms. The van der Waals surface area contributed by atoms with E-state index in [-0.39, 0.29) is 6.10 Å². The monoisotopic (exact) mass is 318 g/mol. The third kappa shape index (κ3) is 3.60. The first kappa shape index (κ1) is 14.1. The van der Waals surface area contributed by atoms with E-state index in [0.29, 0.717) is 5.92 Å². The Hall–Kier alpha value is -1.28. The van der Waals surface area contributed by atoms with Gasteiger partial charge in [0.15, 0.2) is 0 Å². The standard InChI is InChI=1S/C17H19BrO/c1-12(2)16-11-15(18)9-10-17(16)19-13(3)14-7-5-4-6-8-14/h4-13H,1-3H3. The molecular formula is C17H19BrO. The van der Waals surface area contributed by atoms with E-state index in [1.165, 1.54) is 11.1 Å². The molecule has 0 radical (unpaired) electrons. The van der Waals surface area contributed by atoms with Crippen molar-refractivity contribution in [1.82, 2.24) is 0 Å². The second-order valence-electron chi connectivity index (χ2n) is 5.01. The van der Waals surface area contributed by atoms with Gasteiger partial charge < -0.3 is 4.74 Å². The van der Waals surface area contributed by atoms with E-state index in [2.05, 4.69) is 54.9 Å². The average molecular weight is 319 g/mol. The van der Waals surface area contributed by atoms with Gasteiger partial charge in [0, 0.05) is 4.47 Å². The van der Waals surface area contributed by atoms with Crippen molar-refractivity contribution in [3.8, 4) is 5.75 Å². The SMILES string of the molecule is CC(C)c1cc(Br)ccc1OC(C)c1ccccc1. The molecule has 0 N–H and O–H groups in total. The van der Waals surface area contributed by atoms with Gasteiger partial charge in [0.2, 0.25) is 0 Å². The fourth-order valence-corrected chi connectivity index (χ4v) is 2.44. The quantitative estimate of drug-likeness (QED) is 0.701. The van der Waals surface area contributed by atoms with Gasteiger partial charge in [-0.2, -0.15) is 0 Å². The molecule has 1 unspecified atom stereocenters. The molecular weight excluding hydrogens is 300 g/mol. The van der Waals surface area contributed by atoms with Crippen LogP contribution in [-0.4, -0.2) is 0 Å². The van der Waals surface area contributed by atoms with Crippen LogP contribution in [0.4, 0.5) is 0 Å². The van der Waals surface area contributed by atoms with Gasteiger partial charge >= 0.3 is 0 Å². The Labute approximate surface area is 123 Å². The Morgan fingerprint density at radius 2 is 1.63 bits per heavy atom. The topological polar surface area (TPSA) is 9.23 Å². The predicted octanol–water partition coefficient (Wildman–Crippen LogP) is 5.71. The fourth-order valence-electron chi connectivity index (χ4n) is 2.06. The first-order valence-corrected chi connectivity index (χ1v) is 7.38. The van der Waals surface area contributed by atoms with E-state index in [9.17, 15) is 0 Å². The molecule has 100 valence electrons. The summed E-state index contributed by atoms with van der Waals surface area (Å²) in [6, 6.07) is 16.5. The highest BCUT2D eigenvalue weighted by atomic mass is 79.9. The lowest BCUT2D eigenvalue weighted by molar-refractivity contribution is 0.224. The van der Waals surface area contributed by atoms with Crippen LogP contribution in [0, 0.1) is 0 Å². The minimum atomic E-state index is 0.0554. The molecule has 0 saturated heterocycles. The van der Waals surface area contributed by atoms with Gasteiger partial charge in [-0.3, -0.25) is 0 Å².